The Labute approximate surface area is 224 Å². The minimum Gasteiger partial charge on any atom is -0.372 e. The number of hydrazone groups is 1. The monoisotopic (exact) mass is 519 g/mol. The molecule has 3 N–H and O–H groups in total. The summed E-state index contributed by atoms with van der Waals surface area (Å²) in [6.07, 6.45) is 1.62. The second-order valence-corrected chi connectivity index (χ2v) is 10.7. The van der Waals surface area contributed by atoms with Gasteiger partial charge in [-0.1, -0.05) is 60.7 Å². The molecular formula is C29H37N5O4. The third-order valence-corrected chi connectivity index (χ3v) is 7.27. The van der Waals surface area contributed by atoms with Crippen molar-refractivity contribution in [3.63, 3.8) is 0 Å². The van der Waals surface area contributed by atoms with E-state index in [-0.39, 0.29) is 25.7 Å². The Morgan fingerprint density at radius 1 is 1.13 bits per heavy atom. The lowest BCUT2D eigenvalue weighted by Gasteiger charge is -2.48. The molecule has 0 aromatic heterocycles. The molecule has 2 amide bonds. The minimum atomic E-state index is -1.52. The van der Waals surface area contributed by atoms with E-state index in [9.17, 15) is 14.4 Å². The summed E-state index contributed by atoms with van der Waals surface area (Å²) in [7, 11) is 0. The van der Waals surface area contributed by atoms with Crippen molar-refractivity contribution in [3.05, 3.63) is 71.8 Å². The first-order chi connectivity index (χ1) is 18.1. The lowest BCUT2D eigenvalue weighted by atomic mass is 9.72. The van der Waals surface area contributed by atoms with Crippen LogP contribution in [-0.2, 0) is 32.1 Å². The zero-order valence-corrected chi connectivity index (χ0v) is 22.4. The standard InChI is InChI=1S/C29H37N5O4/c1-4-34-26(37)28(17-22-11-7-5-8-12-22)19-33(16-15-24(28)32-34)29(20-35,31-25(36)27(2,3)30)21-38-18-23-13-9-6-10-14-23/h5-14,20H,4,15-19,21,30H2,1-3H3,(H,31,36). The van der Waals surface area contributed by atoms with Crippen LogP contribution >= 0.6 is 0 Å². The highest BCUT2D eigenvalue weighted by Gasteiger charge is 2.56. The molecule has 38 heavy (non-hydrogen) atoms. The highest BCUT2D eigenvalue weighted by molar-refractivity contribution is 6.13. The number of likely N-dealkylation sites (tertiary alicyclic amines) is 1. The fraction of sp³-hybridized carbons (Fsp3) is 0.448. The lowest BCUT2D eigenvalue weighted by Crippen LogP contribution is -2.71. The number of piperidine rings is 1. The topological polar surface area (TPSA) is 117 Å². The minimum absolute atomic E-state index is 0.0981. The van der Waals surface area contributed by atoms with Crippen molar-refractivity contribution in [2.45, 2.75) is 51.4 Å². The molecule has 0 radical (unpaired) electrons. The summed E-state index contributed by atoms with van der Waals surface area (Å²) in [5, 5.41) is 9.06. The van der Waals surface area contributed by atoms with E-state index in [4.69, 9.17) is 10.5 Å². The highest BCUT2D eigenvalue weighted by atomic mass is 16.5. The number of carbonyl (C=O) groups is 3. The number of ether oxygens (including phenoxy) is 1. The summed E-state index contributed by atoms with van der Waals surface area (Å²) in [5.74, 6) is -0.587. The molecule has 2 atom stereocenters. The number of hydrogen-bond acceptors (Lipinski definition) is 7. The van der Waals surface area contributed by atoms with Crippen molar-refractivity contribution in [1.82, 2.24) is 15.2 Å². The van der Waals surface area contributed by atoms with Crippen molar-refractivity contribution < 1.29 is 19.1 Å². The van der Waals surface area contributed by atoms with Gasteiger partial charge in [-0.25, -0.2) is 5.01 Å². The molecular weight excluding hydrogens is 482 g/mol. The number of hydrogen-bond donors (Lipinski definition) is 2. The van der Waals surface area contributed by atoms with Gasteiger partial charge in [-0.15, -0.1) is 0 Å². The number of nitrogens with two attached hydrogens (primary N) is 1. The van der Waals surface area contributed by atoms with Crippen LogP contribution in [0.4, 0.5) is 0 Å². The fourth-order valence-corrected chi connectivity index (χ4v) is 5.08. The number of fused-ring (bicyclic) bond motifs is 1. The molecule has 1 fully saturated rings. The molecule has 2 aliphatic heterocycles. The lowest BCUT2D eigenvalue weighted by molar-refractivity contribution is -0.146. The smallest absolute Gasteiger partial charge is 0.256 e. The number of amides is 2. The van der Waals surface area contributed by atoms with Crippen molar-refractivity contribution in [1.29, 1.82) is 0 Å². The molecule has 0 spiro atoms. The van der Waals surface area contributed by atoms with Crippen LogP contribution in [0.25, 0.3) is 0 Å². The van der Waals surface area contributed by atoms with E-state index in [1.54, 1.807) is 13.8 Å². The molecule has 4 rings (SSSR count). The van der Waals surface area contributed by atoms with E-state index in [0.717, 1.165) is 16.8 Å². The van der Waals surface area contributed by atoms with E-state index in [1.807, 2.05) is 72.5 Å². The Bertz CT molecular complexity index is 1180. The van der Waals surface area contributed by atoms with Crippen molar-refractivity contribution in [2.75, 3.05) is 26.2 Å². The van der Waals surface area contributed by atoms with Crippen LogP contribution in [0.5, 0.6) is 0 Å². The van der Waals surface area contributed by atoms with Crippen LogP contribution in [-0.4, -0.2) is 71.2 Å². The first-order valence-corrected chi connectivity index (χ1v) is 13.0. The molecule has 1 saturated heterocycles. The number of carbonyl (C=O) groups excluding carboxylic acids is 3. The molecule has 2 aromatic rings. The Kier molecular flexibility index (Phi) is 8.10. The maximum atomic E-state index is 13.8. The number of aldehydes is 1. The molecule has 2 aliphatic rings. The third-order valence-electron chi connectivity index (χ3n) is 7.27. The SMILES string of the molecule is CCN1N=C2CCN(C(C=O)(COCc3ccccc3)NC(=O)C(C)(C)N)CC2(Cc2ccccc2)C1=O. The van der Waals surface area contributed by atoms with E-state index in [0.29, 0.717) is 32.2 Å². The Balaban J connectivity index is 1.67. The summed E-state index contributed by atoms with van der Waals surface area (Å²) >= 11 is 0. The van der Waals surface area contributed by atoms with Gasteiger partial charge >= 0.3 is 0 Å². The van der Waals surface area contributed by atoms with Gasteiger partial charge in [0.25, 0.3) is 5.91 Å². The molecule has 0 aliphatic carbocycles. The van der Waals surface area contributed by atoms with Crippen LogP contribution in [0, 0.1) is 5.41 Å². The quantitative estimate of drug-likeness (QED) is 0.439. The van der Waals surface area contributed by atoms with Gasteiger partial charge in [-0.2, -0.15) is 5.10 Å². The summed E-state index contributed by atoms with van der Waals surface area (Å²) in [5.41, 5.74) is 5.15. The third kappa shape index (κ3) is 5.55. The predicted octanol–water partition coefficient (Wildman–Crippen LogP) is 2.10. The normalized spacial score (nSPS) is 21.4. The van der Waals surface area contributed by atoms with Crippen molar-refractivity contribution >= 4 is 23.8 Å². The summed E-state index contributed by atoms with van der Waals surface area (Å²) in [6.45, 7) is 6.29. The summed E-state index contributed by atoms with van der Waals surface area (Å²) < 4.78 is 6.02. The van der Waals surface area contributed by atoms with Gasteiger partial charge in [0.2, 0.25) is 5.91 Å². The van der Waals surface area contributed by atoms with Gasteiger partial charge in [-0.3, -0.25) is 19.3 Å². The Morgan fingerprint density at radius 2 is 1.76 bits per heavy atom. The summed E-state index contributed by atoms with van der Waals surface area (Å²) in [4.78, 5) is 41.6. The zero-order chi connectivity index (χ0) is 27.4. The molecule has 202 valence electrons. The van der Waals surface area contributed by atoms with E-state index in [1.165, 1.54) is 5.01 Å². The Hall–Kier alpha value is -3.40. The molecule has 9 nitrogen and oxygen atoms in total. The fourth-order valence-electron chi connectivity index (χ4n) is 5.08. The van der Waals surface area contributed by atoms with E-state index >= 15 is 0 Å². The average molecular weight is 520 g/mol. The van der Waals surface area contributed by atoms with Gasteiger partial charge in [0.1, 0.15) is 5.41 Å². The zero-order valence-electron chi connectivity index (χ0n) is 22.4. The first kappa shape index (κ1) is 27.6. The molecule has 9 heteroatoms. The van der Waals surface area contributed by atoms with Gasteiger partial charge in [0.05, 0.1) is 24.5 Å². The highest BCUT2D eigenvalue weighted by Crippen LogP contribution is 2.40. The maximum Gasteiger partial charge on any atom is 0.256 e. The average Bonchev–Trinajstić information content (AvgIpc) is 3.19. The van der Waals surface area contributed by atoms with Crippen LogP contribution in [0.1, 0.15) is 38.3 Å². The van der Waals surface area contributed by atoms with Crippen LogP contribution in [0.15, 0.2) is 65.8 Å². The molecule has 2 aromatic carbocycles. The number of nitrogens with zero attached hydrogens (tertiary/aromatic N) is 3. The second kappa shape index (κ2) is 11.1. The molecule has 2 heterocycles. The van der Waals surface area contributed by atoms with Crippen LogP contribution < -0.4 is 11.1 Å². The predicted molar refractivity (Wildman–Crippen MR) is 145 cm³/mol. The number of benzene rings is 2. The van der Waals surface area contributed by atoms with E-state index in [2.05, 4.69) is 10.4 Å². The van der Waals surface area contributed by atoms with Gasteiger partial charge < -0.3 is 15.8 Å². The van der Waals surface area contributed by atoms with Crippen LogP contribution in [0.2, 0.25) is 0 Å². The van der Waals surface area contributed by atoms with E-state index < -0.39 is 22.5 Å². The van der Waals surface area contributed by atoms with Gasteiger partial charge in [0, 0.05) is 26.1 Å². The van der Waals surface area contributed by atoms with Crippen LogP contribution in [0.3, 0.4) is 0 Å². The number of rotatable bonds is 11. The molecule has 2 unspecified atom stereocenters. The Morgan fingerprint density at radius 3 is 2.34 bits per heavy atom. The first-order valence-electron chi connectivity index (χ1n) is 13.0. The van der Waals surface area contributed by atoms with Crippen molar-refractivity contribution in [3.8, 4) is 0 Å². The number of nitrogens with one attached hydrogen (secondary N) is 1. The van der Waals surface area contributed by atoms with Crippen molar-refractivity contribution in [2.24, 2.45) is 16.3 Å². The largest absolute Gasteiger partial charge is 0.372 e. The second-order valence-electron chi connectivity index (χ2n) is 10.7. The molecule has 0 bridgehead atoms. The van der Waals surface area contributed by atoms with Gasteiger partial charge in [0.15, 0.2) is 11.9 Å². The molecule has 0 saturated carbocycles. The van der Waals surface area contributed by atoms with Gasteiger partial charge in [-0.05, 0) is 38.3 Å². The maximum absolute atomic E-state index is 13.8. The summed E-state index contributed by atoms with van der Waals surface area (Å²) in [6, 6.07) is 19.4.